The van der Waals surface area contributed by atoms with E-state index in [0.717, 1.165) is 0 Å². The van der Waals surface area contributed by atoms with Gasteiger partial charge in [-0.3, -0.25) is 4.98 Å². The van der Waals surface area contributed by atoms with Crippen molar-refractivity contribution in [2.45, 2.75) is 66.6 Å². The van der Waals surface area contributed by atoms with Crippen molar-refractivity contribution in [3.8, 4) is 0 Å². The molecule has 1 aromatic heterocycles. The van der Waals surface area contributed by atoms with E-state index in [0.29, 0.717) is 5.04 Å². The van der Waals surface area contributed by atoms with E-state index < -0.39 is 8.07 Å². The lowest BCUT2D eigenvalue weighted by molar-refractivity contribution is 0.728. The van der Waals surface area contributed by atoms with Gasteiger partial charge in [-0.1, -0.05) is 39.1 Å². The van der Waals surface area contributed by atoms with Crippen molar-refractivity contribution in [1.82, 2.24) is 4.98 Å². The van der Waals surface area contributed by atoms with Crippen molar-refractivity contribution in [3.05, 3.63) is 22.5 Å². The number of rotatable bonds is 1. The van der Waals surface area contributed by atoms with Crippen LogP contribution < -0.4 is 5.19 Å². The molecule has 0 aromatic carbocycles. The second kappa shape index (κ2) is 4.24. The van der Waals surface area contributed by atoms with Gasteiger partial charge >= 0.3 is 0 Å². The Balaban J connectivity index is 3.62. The van der Waals surface area contributed by atoms with Crippen molar-refractivity contribution >= 4 is 13.3 Å². The molecule has 2 heteroatoms. The van der Waals surface area contributed by atoms with Gasteiger partial charge in [-0.15, -0.1) is 0 Å². The van der Waals surface area contributed by atoms with Crippen molar-refractivity contribution in [1.29, 1.82) is 0 Å². The Hall–Kier alpha value is -0.633. The normalized spacial score (nSPS) is 13.0. The third-order valence-electron chi connectivity index (χ3n) is 4.67. The van der Waals surface area contributed by atoms with Gasteiger partial charge in [0, 0.05) is 11.4 Å². The first-order valence-corrected chi connectivity index (χ1v) is 9.45. The molecule has 0 radical (unpaired) electrons. The molecule has 0 aliphatic rings. The standard InChI is InChI=1S/C15H27NSi/c1-10-12(3)16-13(4)11(2)14(10)17(8,9)15(5,6)7/h1-9H3. The molecule has 0 saturated heterocycles. The van der Waals surface area contributed by atoms with Gasteiger partial charge in [0.15, 0.2) is 0 Å². The van der Waals surface area contributed by atoms with Crippen LogP contribution in [-0.2, 0) is 0 Å². The van der Waals surface area contributed by atoms with Crippen LogP contribution in [0.1, 0.15) is 43.3 Å². The summed E-state index contributed by atoms with van der Waals surface area (Å²) in [5.74, 6) is 0. The van der Waals surface area contributed by atoms with Crippen LogP contribution in [-0.4, -0.2) is 13.1 Å². The van der Waals surface area contributed by atoms with E-state index in [4.69, 9.17) is 0 Å². The van der Waals surface area contributed by atoms with E-state index in [-0.39, 0.29) is 0 Å². The molecule has 96 valence electrons. The first kappa shape index (κ1) is 14.4. The van der Waals surface area contributed by atoms with Gasteiger partial charge in [-0.2, -0.15) is 0 Å². The third kappa shape index (κ3) is 2.32. The molecular formula is C15H27NSi. The van der Waals surface area contributed by atoms with Gasteiger partial charge in [0.1, 0.15) is 0 Å². The van der Waals surface area contributed by atoms with E-state index in [1.807, 2.05) is 0 Å². The molecule has 0 fully saturated rings. The first-order valence-electron chi connectivity index (χ1n) is 6.45. The number of hydrogen-bond acceptors (Lipinski definition) is 1. The highest BCUT2D eigenvalue weighted by molar-refractivity contribution is 6.92. The molecule has 0 atom stereocenters. The highest BCUT2D eigenvalue weighted by Gasteiger charge is 2.39. The van der Waals surface area contributed by atoms with Crippen molar-refractivity contribution < 1.29 is 0 Å². The number of aromatic nitrogens is 1. The SMILES string of the molecule is Cc1nc(C)c(C)c([Si](C)(C)C(C)(C)C)c1C. The van der Waals surface area contributed by atoms with Gasteiger partial charge in [-0.05, 0) is 43.9 Å². The second-order valence-electron chi connectivity index (χ2n) is 6.78. The quantitative estimate of drug-likeness (QED) is 0.685. The smallest absolute Gasteiger partial charge is 0.0867 e. The third-order valence-corrected chi connectivity index (χ3v) is 10.4. The predicted octanol–water partition coefficient (Wildman–Crippen LogP) is 4.03. The Morgan fingerprint density at radius 2 is 1.18 bits per heavy atom. The summed E-state index contributed by atoms with van der Waals surface area (Å²) in [4.78, 5) is 4.65. The van der Waals surface area contributed by atoms with Crippen LogP contribution in [0.25, 0.3) is 0 Å². The largest absolute Gasteiger partial charge is 0.258 e. The summed E-state index contributed by atoms with van der Waals surface area (Å²) in [6.45, 7) is 20.9. The van der Waals surface area contributed by atoms with Crippen LogP contribution in [0, 0.1) is 27.7 Å². The molecule has 0 saturated carbocycles. The fraction of sp³-hybridized carbons (Fsp3) is 0.667. The average molecular weight is 249 g/mol. The maximum Gasteiger partial charge on any atom is 0.0867 e. The summed E-state index contributed by atoms with van der Waals surface area (Å²) in [5.41, 5.74) is 5.24. The molecule has 0 aliphatic carbocycles. The van der Waals surface area contributed by atoms with Crippen molar-refractivity contribution in [2.75, 3.05) is 0 Å². The van der Waals surface area contributed by atoms with Gasteiger partial charge in [-0.25, -0.2) is 0 Å². The van der Waals surface area contributed by atoms with E-state index in [1.54, 1.807) is 5.19 Å². The summed E-state index contributed by atoms with van der Waals surface area (Å²) in [7, 11) is -1.47. The Kier molecular flexibility index (Phi) is 3.59. The Morgan fingerprint density at radius 1 is 0.824 bits per heavy atom. The van der Waals surface area contributed by atoms with Crippen LogP contribution in [0.15, 0.2) is 0 Å². The van der Waals surface area contributed by atoms with Crippen LogP contribution in [0.2, 0.25) is 18.1 Å². The Bertz CT molecular complexity index is 413. The molecule has 1 rings (SSSR count). The number of nitrogens with zero attached hydrogens (tertiary/aromatic N) is 1. The summed E-state index contributed by atoms with van der Waals surface area (Å²) < 4.78 is 0. The fourth-order valence-electron chi connectivity index (χ4n) is 2.37. The predicted molar refractivity (Wildman–Crippen MR) is 80.0 cm³/mol. The minimum absolute atomic E-state index is 0.378. The maximum atomic E-state index is 4.65. The van der Waals surface area contributed by atoms with Crippen molar-refractivity contribution in [2.24, 2.45) is 0 Å². The van der Waals surface area contributed by atoms with Crippen molar-refractivity contribution in [3.63, 3.8) is 0 Å². The molecule has 0 bridgehead atoms. The highest BCUT2D eigenvalue weighted by Crippen LogP contribution is 2.37. The second-order valence-corrected chi connectivity index (χ2v) is 12.0. The van der Waals surface area contributed by atoms with E-state index >= 15 is 0 Å². The highest BCUT2D eigenvalue weighted by atomic mass is 28.3. The average Bonchev–Trinajstić information content (AvgIpc) is 2.13. The van der Waals surface area contributed by atoms with E-state index in [9.17, 15) is 0 Å². The summed E-state index contributed by atoms with van der Waals surface area (Å²) in [6.07, 6.45) is 0. The zero-order valence-corrected chi connectivity index (χ0v) is 13.9. The number of aryl methyl sites for hydroxylation is 2. The lowest BCUT2D eigenvalue weighted by Crippen LogP contribution is -2.52. The summed E-state index contributed by atoms with van der Waals surface area (Å²) in [5, 5.41) is 2.00. The molecule has 1 heterocycles. The first-order chi connectivity index (χ1) is 7.50. The number of pyridine rings is 1. The maximum absolute atomic E-state index is 4.65. The Morgan fingerprint density at radius 3 is 1.47 bits per heavy atom. The van der Waals surface area contributed by atoms with Gasteiger partial charge in [0.2, 0.25) is 0 Å². The molecule has 0 spiro atoms. The zero-order chi connectivity index (χ0) is 13.6. The monoisotopic (exact) mass is 249 g/mol. The molecule has 1 aromatic rings. The van der Waals surface area contributed by atoms with Crippen LogP contribution in [0.5, 0.6) is 0 Å². The summed E-state index contributed by atoms with van der Waals surface area (Å²) in [6, 6.07) is 0. The molecule has 1 nitrogen and oxygen atoms in total. The molecule has 17 heavy (non-hydrogen) atoms. The zero-order valence-electron chi connectivity index (χ0n) is 12.9. The van der Waals surface area contributed by atoms with Gasteiger partial charge < -0.3 is 0 Å². The van der Waals surface area contributed by atoms with Crippen LogP contribution in [0.3, 0.4) is 0 Å². The Labute approximate surface area is 108 Å². The van der Waals surface area contributed by atoms with Crippen LogP contribution >= 0.6 is 0 Å². The molecule has 0 amide bonds. The van der Waals surface area contributed by atoms with E-state index in [1.165, 1.54) is 22.5 Å². The fourth-order valence-corrected chi connectivity index (χ4v) is 5.36. The molecule has 0 unspecified atom stereocenters. The lowest BCUT2D eigenvalue weighted by atomic mass is 10.1. The minimum Gasteiger partial charge on any atom is -0.258 e. The molecule has 0 N–H and O–H groups in total. The molecule has 0 aliphatic heterocycles. The molecular weight excluding hydrogens is 222 g/mol. The summed E-state index contributed by atoms with van der Waals surface area (Å²) >= 11 is 0. The number of hydrogen-bond donors (Lipinski definition) is 0. The topological polar surface area (TPSA) is 12.9 Å². The van der Waals surface area contributed by atoms with Gasteiger partial charge in [0.05, 0.1) is 8.07 Å². The lowest BCUT2D eigenvalue weighted by Gasteiger charge is -2.40. The minimum atomic E-state index is -1.47. The van der Waals surface area contributed by atoms with Gasteiger partial charge in [0.25, 0.3) is 0 Å². The van der Waals surface area contributed by atoms with E-state index in [2.05, 4.69) is 66.5 Å². The van der Waals surface area contributed by atoms with Crippen LogP contribution in [0.4, 0.5) is 0 Å².